The fraction of sp³-hybridized carbons (Fsp3) is 0.579. The lowest BCUT2D eigenvalue weighted by Gasteiger charge is -2.15. The molecule has 1 aromatic rings. The Balaban J connectivity index is 1.84. The van der Waals surface area contributed by atoms with E-state index < -0.39 is 0 Å². The van der Waals surface area contributed by atoms with Gasteiger partial charge in [0, 0.05) is 24.5 Å². The zero-order chi connectivity index (χ0) is 17.2. The molecular weight excluding hydrogens is 320 g/mol. The first-order valence-corrected chi connectivity index (χ1v) is 9.98. The molecular formula is C19H28N2O2S. The minimum absolute atomic E-state index is 0.0387. The molecule has 4 nitrogen and oxygen atoms in total. The van der Waals surface area contributed by atoms with E-state index in [-0.39, 0.29) is 11.8 Å². The Kier molecular flexibility index (Phi) is 8.16. The quantitative estimate of drug-likeness (QED) is 0.547. The monoisotopic (exact) mass is 348 g/mol. The van der Waals surface area contributed by atoms with Gasteiger partial charge in [-0.05, 0) is 31.4 Å². The Morgan fingerprint density at radius 2 is 1.88 bits per heavy atom. The third-order valence-corrected chi connectivity index (χ3v) is 5.32. The first-order valence-electron chi connectivity index (χ1n) is 9.00. The number of unbranched alkanes of at least 4 members (excludes halogenated alkanes) is 3. The molecule has 0 spiro atoms. The molecule has 0 bridgehead atoms. The van der Waals surface area contributed by atoms with Gasteiger partial charge in [-0.3, -0.25) is 9.59 Å². The smallest absolute Gasteiger partial charge is 0.252 e. The van der Waals surface area contributed by atoms with Gasteiger partial charge in [-0.25, -0.2) is 0 Å². The Bertz CT molecular complexity index is 542. The summed E-state index contributed by atoms with van der Waals surface area (Å²) in [6.45, 7) is 4.64. The van der Waals surface area contributed by atoms with E-state index in [4.69, 9.17) is 0 Å². The van der Waals surface area contributed by atoms with E-state index in [2.05, 4.69) is 12.2 Å². The van der Waals surface area contributed by atoms with Crippen molar-refractivity contribution in [1.29, 1.82) is 0 Å². The molecule has 5 heteroatoms. The van der Waals surface area contributed by atoms with Gasteiger partial charge in [0.15, 0.2) is 0 Å². The van der Waals surface area contributed by atoms with Crippen molar-refractivity contribution in [3.63, 3.8) is 0 Å². The van der Waals surface area contributed by atoms with E-state index >= 15 is 0 Å². The van der Waals surface area contributed by atoms with Gasteiger partial charge in [-0.15, -0.1) is 11.8 Å². The standard InChI is InChI=1S/C19H28N2O2S/c1-2-3-4-7-12-20-19(23)16-10-5-6-11-17(16)24-15-18(22)21-13-8-9-14-21/h5-6,10-11H,2-4,7-9,12-15H2,1H3,(H,20,23). The third kappa shape index (κ3) is 5.86. The molecule has 1 saturated heterocycles. The van der Waals surface area contributed by atoms with Gasteiger partial charge in [0.25, 0.3) is 5.91 Å². The fourth-order valence-corrected chi connectivity index (χ4v) is 3.78. The summed E-state index contributed by atoms with van der Waals surface area (Å²) >= 11 is 1.47. The molecule has 0 saturated carbocycles. The highest BCUT2D eigenvalue weighted by Gasteiger charge is 2.19. The second kappa shape index (κ2) is 10.4. The first kappa shape index (κ1) is 18.8. The minimum atomic E-state index is -0.0387. The van der Waals surface area contributed by atoms with Crippen LogP contribution in [0, 0.1) is 0 Å². The van der Waals surface area contributed by atoms with E-state index in [1.54, 1.807) is 0 Å². The maximum absolute atomic E-state index is 12.4. The van der Waals surface area contributed by atoms with Crippen molar-refractivity contribution in [2.24, 2.45) is 0 Å². The first-order chi connectivity index (χ1) is 11.7. The van der Waals surface area contributed by atoms with Gasteiger partial charge in [-0.1, -0.05) is 38.3 Å². The van der Waals surface area contributed by atoms with Crippen LogP contribution in [0.2, 0.25) is 0 Å². The van der Waals surface area contributed by atoms with Gasteiger partial charge in [0.2, 0.25) is 5.91 Å². The molecule has 2 amide bonds. The van der Waals surface area contributed by atoms with Crippen LogP contribution in [0.15, 0.2) is 29.2 Å². The molecule has 2 rings (SSSR count). The van der Waals surface area contributed by atoms with Gasteiger partial charge in [0.1, 0.15) is 0 Å². The molecule has 24 heavy (non-hydrogen) atoms. The number of amides is 2. The summed E-state index contributed by atoms with van der Waals surface area (Å²) in [6.07, 6.45) is 6.78. The average molecular weight is 349 g/mol. The zero-order valence-electron chi connectivity index (χ0n) is 14.6. The number of thioether (sulfide) groups is 1. The van der Waals surface area contributed by atoms with Crippen molar-refractivity contribution in [2.75, 3.05) is 25.4 Å². The topological polar surface area (TPSA) is 49.4 Å². The van der Waals surface area contributed by atoms with Crippen LogP contribution in [-0.4, -0.2) is 42.1 Å². The fourth-order valence-electron chi connectivity index (χ4n) is 2.83. The van der Waals surface area contributed by atoms with Gasteiger partial charge in [-0.2, -0.15) is 0 Å². The Morgan fingerprint density at radius 3 is 2.62 bits per heavy atom. The summed E-state index contributed by atoms with van der Waals surface area (Å²) in [7, 11) is 0. The number of likely N-dealkylation sites (tertiary alicyclic amines) is 1. The lowest BCUT2D eigenvalue weighted by Crippen LogP contribution is -2.29. The summed E-state index contributed by atoms with van der Waals surface area (Å²) in [5.74, 6) is 0.538. The highest BCUT2D eigenvalue weighted by atomic mass is 32.2. The zero-order valence-corrected chi connectivity index (χ0v) is 15.4. The van der Waals surface area contributed by atoms with E-state index in [0.29, 0.717) is 17.9 Å². The molecule has 0 radical (unpaired) electrons. The van der Waals surface area contributed by atoms with E-state index in [9.17, 15) is 9.59 Å². The van der Waals surface area contributed by atoms with Gasteiger partial charge >= 0.3 is 0 Å². The second-order valence-corrected chi connectivity index (χ2v) is 7.21. The van der Waals surface area contributed by atoms with Crippen LogP contribution >= 0.6 is 11.8 Å². The van der Waals surface area contributed by atoms with E-state index in [1.165, 1.54) is 24.6 Å². The summed E-state index contributed by atoms with van der Waals surface area (Å²) in [4.78, 5) is 27.4. The highest BCUT2D eigenvalue weighted by Crippen LogP contribution is 2.23. The number of nitrogens with zero attached hydrogens (tertiary/aromatic N) is 1. The van der Waals surface area contributed by atoms with E-state index in [0.717, 1.165) is 43.7 Å². The van der Waals surface area contributed by atoms with Crippen LogP contribution in [-0.2, 0) is 4.79 Å². The number of hydrogen-bond acceptors (Lipinski definition) is 3. The molecule has 1 heterocycles. The lowest BCUT2D eigenvalue weighted by molar-refractivity contribution is -0.127. The number of carbonyl (C=O) groups is 2. The SMILES string of the molecule is CCCCCCNC(=O)c1ccccc1SCC(=O)N1CCCC1. The maximum Gasteiger partial charge on any atom is 0.252 e. The lowest BCUT2D eigenvalue weighted by atomic mass is 10.2. The number of nitrogens with one attached hydrogen (secondary N) is 1. The Morgan fingerprint density at radius 1 is 1.12 bits per heavy atom. The predicted octanol–water partition coefficient (Wildman–Crippen LogP) is 3.71. The summed E-state index contributed by atoms with van der Waals surface area (Å²) in [5, 5.41) is 2.99. The predicted molar refractivity (Wildman–Crippen MR) is 99.5 cm³/mol. The van der Waals surface area contributed by atoms with Crippen molar-refractivity contribution >= 4 is 23.6 Å². The average Bonchev–Trinajstić information content (AvgIpc) is 3.14. The normalized spacial score (nSPS) is 14.0. The van der Waals surface area contributed by atoms with Crippen molar-refractivity contribution < 1.29 is 9.59 Å². The molecule has 0 aliphatic carbocycles. The molecule has 1 N–H and O–H groups in total. The highest BCUT2D eigenvalue weighted by molar-refractivity contribution is 8.00. The van der Waals surface area contributed by atoms with Crippen LogP contribution < -0.4 is 5.32 Å². The second-order valence-electron chi connectivity index (χ2n) is 6.19. The molecule has 132 valence electrons. The summed E-state index contributed by atoms with van der Waals surface area (Å²) in [5.41, 5.74) is 0.673. The molecule has 1 fully saturated rings. The molecule has 1 aliphatic rings. The van der Waals surface area contributed by atoms with Crippen LogP contribution in [0.5, 0.6) is 0 Å². The Labute approximate surface area is 149 Å². The molecule has 0 atom stereocenters. The van der Waals surface area contributed by atoms with Crippen LogP contribution in [0.4, 0.5) is 0 Å². The number of carbonyl (C=O) groups excluding carboxylic acids is 2. The van der Waals surface area contributed by atoms with Crippen LogP contribution in [0.1, 0.15) is 55.8 Å². The van der Waals surface area contributed by atoms with Crippen LogP contribution in [0.3, 0.4) is 0 Å². The molecule has 0 unspecified atom stereocenters. The molecule has 1 aromatic carbocycles. The van der Waals surface area contributed by atoms with Crippen molar-refractivity contribution in [2.45, 2.75) is 50.3 Å². The van der Waals surface area contributed by atoms with E-state index in [1.807, 2.05) is 29.2 Å². The third-order valence-electron chi connectivity index (χ3n) is 4.26. The number of hydrogen-bond donors (Lipinski definition) is 1. The maximum atomic E-state index is 12.4. The Hall–Kier alpha value is -1.49. The van der Waals surface area contributed by atoms with Gasteiger partial charge in [0.05, 0.1) is 11.3 Å². The molecule has 0 aromatic heterocycles. The number of rotatable bonds is 9. The largest absolute Gasteiger partial charge is 0.352 e. The van der Waals surface area contributed by atoms with Crippen molar-refractivity contribution in [3.05, 3.63) is 29.8 Å². The van der Waals surface area contributed by atoms with Gasteiger partial charge < -0.3 is 10.2 Å². The summed E-state index contributed by atoms with van der Waals surface area (Å²) < 4.78 is 0. The van der Waals surface area contributed by atoms with Crippen molar-refractivity contribution in [3.8, 4) is 0 Å². The molecule has 1 aliphatic heterocycles. The van der Waals surface area contributed by atoms with Crippen molar-refractivity contribution in [1.82, 2.24) is 10.2 Å². The number of benzene rings is 1. The van der Waals surface area contributed by atoms with Crippen LogP contribution in [0.25, 0.3) is 0 Å². The summed E-state index contributed by atoms with van der Waals surface area (Å²) in [6, 6.07) is 7.55. The minimum Gasteiger partial charge on any atom is -0.352 e.